The minimum Gasteiger partial charge on any atom is -0.494 e. The van der Waals surface area contributed by atoms with Gasteiger partial charge in [0, 0.05) is 0 Å². The van der Waals surface area contributed by atoms with Crippen molar-refractivity contribution in [3.63, 3.8) is 0 Å². The van der Waals surface area contributed by atoms with Gasteiger partial charge in [-0.1, -0.05) is 6.08 Å². The molecule has 0 bridgehead atoms. The molecule has 112 valence electrons. The van der Waals surface area contributed by atoms with Gasteiger partial charge in [-0.2, -0.15) is 0 Å². The number of aryl methyl sites for hydroxylation is 2. The Balaban J connectivity index is 2.64. The Hall–Kier alpha value is -1.33. The van der Waals surface area contributed by atoms with Crippen LogP contribution < -0.4 is 9.88 Å². The SMILES string of the molecule is C=CCCCCCOc1cc(C)c(S(N)(=O)=O)c(C)c1. The van der Waals surface area contributed by atoms with Crippen LogP contribution in [0.25, 0.3) is 0 Å². The van der Waals surface area contributed by atoms with E-state index < -0.39 is 10.0 Å². The van der Waals surface area contributed by atoms with Crippen molar-refractivity contribution in [3.05, 3.63) is 35.9 Å². The molecule has 4 nitrogen and oxygen atoms in total. The van der Waals surface area contributed by atoms with Gasteiger partial charge in [0.1, 0.15) is 5.75 Å². The van der Waals surface area contributed by atoms with Gasteiger partial charge < -0.3 is 4.74 Å². The third kappa shape index (κ3) is 4.98. The van der Waals surface area contributed by atoms with Gasteiger partial charge in [-0.3, -0.25) is 0 Å². The highest BCUT2D eigenvalue weighted by Gasteiger charge is 2.16. The van der Waals surface area contributed by atoms with Gasteiger partial charge in [0.15, 0.2) is 0 Å². The van der Waals surface area contributed by atoms with Crippen LogP contribution in [0.3, 0.4) is 0 Å². The average molecular weight is 297 g/mol. The maximum Gasteiger partial charge on any atom is 0.238 e. The topological polar surface area (TPSA) is 69.4 Å². The molecule has 1 rings (SSSR count). The van der Waals surface area contributed by atoms with Crippen molar-refractivity contribution in [1.82, 2.24) is 0 Å². The second-order valence-corrected chi connectivity index (χ2v) is 6.42. The van der Waals surface area contributed by atoms with Crippen molar-refractivity contribution in [2.75, 3.05) is 6.61 Å². The van der Waals surface area contributed by atoms with E-state index in [9.17, 15) is 8.42 Å². The summed E-state index contributed by atoms with van der Waals surface area (Å²) >= 11 is 0. The van der Waals surface area contributed by atoms with Gasteiger partial charge >= 0.3 is 0 Å². The molecule has 0 saturated carbocycles. The quantitative estimate of drug-likeness (QED) is 0.592. The van der Waals surface area contributed by atoms with Crippen LogP contribution >= 0.6 is 0 Å². The number of primary sulfonamides is 1. The summed E-state index contributed by atoms with van der Waals surface area (Å²) in [6.07, 6.45) is 6.14. The van der Waals surface area contributed by atoms with E-state index in [2.05, 4.69) is 6.58 Å². The van der Waals surface area contributed by atoms with Crippen LogP contribution in [0.4, 0.5) is 0 Å². The molecule has 0 unspecified atom stereocenters. The van der Waals surface area contributed by atoms with Gasteiger partial charge in [-0.25, -0.2) is 13.6 Å². The van der Waals surface area contributed by atoms with E-state index in [1.807, 2.05) is 6.08 Å². The third-order valence-electron chi connectivity index (χ3n) is 3.04. The molecule has 0 aromatic heterocycles. The Bertz CT molecular complexity index is 541. The lowest BCUT2D eigenvalue weighted by Gasteiger charge is -2.12. The predicted molar refractivity (Wildman–Crippen MR) is 81.4 cm³/mol. The molecule has 0 atom stereocenters. The van der Waals surface area contributed by atoms with Gasteiger partial charge in [-0.05, 0) is 62.8 Å². The first-order chi connectivity index (χ1) is 9.36. The summed E-state index contributed by atoms with van der Waals surface area (Å²) in [6, 6.07) is 3.44. The van der Waals surface area contributed by atoms with Crippen molar-refractivity contribution in [3.8, 4) is 5.75 Å². The highest BCUT2D eigenvalue weighted by molar-refractivity contribution is 7.89. The minimum absolute atomic E-state index is 0.191. The number of ether oxygens (including phenoxy) is 1. The van der Waals surface area contributed by atoms with Gasteiger partial charge in [0.25, 0.3) is 0 Å². The summed E-state index contributed by atoms with van der Waals surface area (Å²) in [4.78, 5) is 0.191. The summed E-state index contributed by atoms with van der Waals surface area (Å²) in [7, 11) is -3.68. The molecule has 0 aliphatic heterocycles. The number of rotatable bonds is 8. The number of unbranched alkanes of at least 4 members (excludes halogenated alkanes) is 3. The van der Waals surface area contributed by atoms with E-state index in [1.165, 1.54) is 0 Å². The largest absolute Gasteiger partial charge is 0.494 e. The van der Waals surface area contributed by atoms with Gasteiger partial charge in [-0.15, -0.1) is 6.58 Å². The van der Waals surface area contributed by atoms with Crippen molar-refractivity contribution in [1.29, 1.82) is 0 Å². The Labute approximate surface area is 121 Å². The number of nitrogens with two attached hydrogens (primary N) is 1. The maximum atomic E-state index is 11.5. The molecule has 1 aromatic carbocycles. The Morgan fingerprint density at radius 3 is 2.30 bits per heavy atom. The van der Waals surface area contributed by atoms with Crippen molar-refractivity contribution >= 4 is 10.0 Å². The van der Waals surface area contributed by atoms with Crippen LogP contribution in [-0.4, -0.2) is 15.0 Å². The van der Waals surface area contributed by atoms with Crippen molar-refractivity contribution < 1.29 is 13.2 Å². The lowest BCUT2D eigenvalue weighted by Crippen LogP contribution is -2.15. The lowest BCUT2D eigenvalue weighted by atomic mass is 10.1. The standard InChI is InChI=1S/C15H23NO3S/c1-4-5-6-7-8-9-19-14-10-12(2)15(13(3)11-14)20(16,17)18/h4,10-11H,1,5-9H2,2-3H3,(H2,16,17,18). The van der Waals surface area contributed by atoms with Crippen LogP contribution in [0.2, 0.25) is 0 Å². The van der Waals surface area contributed by atoms with E-state index in [0.29, 0.717) is 23.5 Å². The molecular formula is C15H23NO3S. The fourth-order valence-electron chi connectivity index (χ4n) is 2.20. The summed E-state index contributed by atoms with van der Waals surface area (Å²) in [5.74, 6) is 0.691. The van der Waals surface area contributed by atoms with Crippen LogP contribution in [0.1, 0.15) is 36.8 Å². The molecule has 0 radical (unpaired) electrons. The molecule has 2 N–H and O–H groups in total. The second kappa shape index (κ2) is 7.45. The van der Waals surface area contributed by atoms with Gasteiger partial charge in [0.05, 0.1) is 11.5 Å². The molecule has 0 aliphatic carbocycles. The Morgan fingerprint density at radius 2 is 1.80 bits per heavy atom. The maximum absolute atomic E-state index is 11.5. The first kappa shape index (κ1) is 16.7. The van der Waals surface area contributed by atoms with Gasteiger partial charge in [0.2, 0.25) is 10.0 Å². The van der Waals surface area contributed by atoms with E-state index >= 15 is 0 Å². The average Bonchev–Trinajstić information content (AvgIpc) is 2.31. The zero-order valence-corrected chi connectivity index (χ0v) is 13.0. The van der Waals surface area contributed by atoms with Crippen molar-refractivity contribution in [2.45, 2.75) is 44.4 Å². The summed E-state index contributed by atoms with van der Waals surface area (Å²) in [6.45, 7) is 7.76. The molecule has 20 heavy (non-hydrogen) atoms. The fraction of sp³-hybridized carbons (Fsp3) is 0.467. The van der Waals surface area contributed by atoms with Crippen LogP contribution in [0, 0.1) is 13.8 Å². The molecule has 0 heterocycles. The van der Waals surface area contributed by atoms with Crippen LogP contribution in [-0.2, 0) is 10.0 Å². The summed E-state index contributed by atoms with van der Waals surface area (Å²) in [5.41, 5.74) is 1.24. The normalized spacial score (nSPS) is 11.3. The fourth-order valence-corrected chi connectivity index (χ4v) is 3.22. The first-order valence-corrected chi connectivity index (χ1v) is 8.28. The molecule has 0 spiro atoms. The van der Waals surface area contributed by atoms with Crippen molar-refractivity contribution in [2.24, 2.45) is 5.14 Å². The van der Waals surface area contributed by atoms with E-state index in [1.54, 1.807) is 26.0 Å². The smallest absolute Gasteiger partial charge is 0.238 e. The highest BCUT2D eigenvalue weighted by Crippen LogP contribution is 2.25. The lowest BCUT2D eigenvalue weighted by molar-refractivity contribution is 0.305. The van der Waals surface area contributed by atoms with E-state index in [4.69, 9.17) is 9.88 Å². The zero-order chi connectivity index (χ0) is 15.2. The number of benzene rings is 1. The number of sulfonamides is 1. The highest BCUT2D eigenvalue weighted by atomic mass is 32.2. The molecule has 1 aromatic rings. The third-order valence-corrected chi connectivity index (χ3v) is 4.25. The number of hydrogen-bond donors (Lipinski definition) is 1. The van der Waals surface area contributed by atoms with Crippen LogP contribution in [0.5, 0.6) is 5.75 Å². The second-order valence-electron chi connectivity index (χ2n) is 4.92. The molecule has 0 amide bonds. The minimum atomic E-state index is -3.68. The Morgan fingerprint density at radius 1 is 1.20 bits per heavy atom. The monoisotopic (exact) mass is 297 g/mol. The van der Waals surface area contributed by atoms with Crippen LogP contribution in [0.15, 0.2) is 29.7 Å². The molecule has 0 fully saturated rings. The zero-order valence-electron chi connectivity index (χ0n) is 12.2. The summed E-state index contributed by atoms with van der Waals surface area (Å²) in [5, 5.41) is 5.20. The molecular weight excluding hydrogens is 274 g/mol. The summed E-state index contributed by atoms with van der Waals surface area (Å²) < 4.78 is 28.6. The Kier molecular flexibility index (Phi) is 6.23. The van der Waals surface area contributed by atoms with E-state index in [-0.39, 0.29) is 4.90 Å². The van der Waals surface area contributed by atoms with E-state index in [0.717, 1.165) is 25.7 Å². The molecule has 0 aliphatic rings. The number of allylic oxidation sites excluding steroid dienone is 1. The first-order valence-electron chi connectivity index (χ1n) is 6.74. The number of hydrogen-bond acceptors (Lipinski definition) is 3. The molecule has 5 heteroatoms. The molecule has 0 saturated heterocycles. The predicted octanol–water partition coefficient (Wildman–Crippen LogP) is 3.08.